The first kappa shape index (κ1) is 10.6. The zero-order valence-corrected chi connectivity index (χ0v) is 8.93. The molecule has 1 aliphatic heterocycles. The van der Waals surface area contributed by atoms with Crippen LogP contribution in [0.1, 0.15) is 0 Å². The first-order valence-electron chi connectivity index (χ1n) is 5.18. The highest BCUT2D eigenvalue weighted by Crippen LogP contribution is 1.97. The van der Waals surface area contributed by atoms with Gasteiger partial charge in [-0.05, 0) is 13.1 Å². The van der Waals surface area contributed by atoms with Crippen molar-refractivity contribution in [3.8, 4) is 0 Å². The molecule has 1 aliphatic rings. The average molecular weight is 206 g/mol. The predicted molar refractivity (Wildman–Crippen MR) is 59.0 cm³/mol. The second-order valence-electron chi connectivity index (χ2n) is 3.66. The van der Waals surface area contributed by atoms with E-state index in [1.165, 1.54) is 0 Å². The Morgan fingerprint density at radius 2 is 2.07 bits per heavy atom. The summed E-state index contributed by atoms with van der Waals surface area (Å²) in [5.41, 5.74) is 0.988. The van der Waals surface area contributed by atoms with Crippen LogP contribution in [-0.2, 0) is 9.31 Å². The van der Waals surface area contributed by atoms with Gasteiger partial charge in [-0.15, -0.1) is 0 Å². The van der Waals surface area contributed by atoms with E-state index < -0.39 is 0 Å². The fourth-order valence-electron chi connectivity index (χ4n) is 1.50. The maximum Gasteiger partial charge on any atom is 0.495 e. The Morgan fingerprint density at radius 1 is 1.33 bits per heavy atom. The molecule has 1 aromatic rings. The summed E-state index contributed by atoms with van der Waals surface area (Å²) in [6.45, 7) is 3.27. The van der Waals surface area contributed by atoms with Crippen molar-refractivity contribution in [1.29, 1.82) is 0 Å². The highest BCUT2D eigenvalue weighted by Gasteiger charge is 2.23. The topological polar surface area (TPSA) is 34.6 Å². The van der Waals surface area contributed by atoms with Crippen LogP contribution in [0.25, 0.3) is 0 Å². The highest BCUT2D eigenvalue weighted by molar-refractivity contribution is 6.61. The van der Waals surface area contributed by atoms with E-state index in [2.05, 4.69) is 16.9 Å². The van der Waals surface area contributed by atoms with Crippen LogP contribution in [0.2, 0.25) is 0 Å². The molecule has 0 radical (unpaired) electrons. The lowest BCUT2D eigenvalue weighted by atomic mass is 9.80. The van der Waals surface area contributed by atoms with Gasteiger partial charge < -0.3 is 14.2 Å². The summed E-state index contributed by atoms with van der Waals surface area (Å²) in [6, 6.07) is 3.87. The van der Waals surface area contributed by atoms with Gasteiger partial charge in [-0.2, -0.15) is 0 Å². The van der Waals surface area contributed by atoms with Crippen molar-refractivity contribution in [2.24, 2.45) is 0 Å². The van der Waals surface area contributed by atoms with Gasteiger partial charge in [0.15, 0.2) is 0 Å². The molecule has 2 rings (SSSR count). The summed E-state index contributed by atoms with van der Waals surface area (Å²) in [7, 11) is 1.81. The van der Waals surface area contributed by atoms with Gasteiger partial charge in [0.1, 0.15) is 0 Å². The van der Waals surface area contributed by atoms with Crippen molar-refractivity contribution >= 4 is 12.6 Å². The molecule has 0 unspecified atom stereocenters. The van der Waals surface area contributed by atoms with Crippen LogP contribution in [-0.4, -0.2) is 50.4 Å². The fourth-order valence-corrected chi connectivity index (χ4v) is 1.50. The molecule has 4 nitrogen and oxygen atoms in total. The third kappa shape index (κ3) is 3.02. The number of pyridine rings is 1. The summed E-state index contributed by atoms with van der Waals surface area (Å²) in [5.74, 6) is 0. The molecule has 0 spiro atoms. The van der Waals surface area contributed by atoms with E-state index in [-0.39, 0.29) is 7.12 Å². The largest absolute Gasteiger partial charge is 0.495 e. The minimum Gasteiger partial charge on any atom is -0.406 e. The van der Waals surface area contributed by atoms with Gasteiger partial charge >= 0.3 is 7.12 Å². The zero-order chi connectivity index (χ0) is 10.5. The molecule has 0 atom stereocenters. The second kappa shape index (κ2) is 5.25. The van der Waals surface area contributed by atoms with Gasteiger partial charge in [0.2, 0.25) is 0 Å². The van der Waals surface area contributed by atoms with E-state index in [1.54, 1.807) is 12.4 Å². The van der Waals surface area contributed by atoms with Gasteiger partial charge in [-0.1, -0.05) is 6.07 Å². The molecule has 80 valence electrons. The SMILES string of the molecule is CN1CCOB(c2cccnc2)OCC1. The Bertz CT molecular complexity index is 287. The van der Waals surface area contributed by atoms with E-state index in [1.807, 2.05) is 12.1 Å². The standard InChI is InChI=1S/C10H15BN2O2/c1-13-5-7-14-11(15-8-6-13)10-3-2-4-12-9-10/h2-4,9H,5-8H2,1H3. The van der Waals surface area contributed by atoms with Crippen molar-refractivity contribution in [3.05, 3.63) is 24.5 Å². The average Bonchev–Trinajstić information content (AvgIpc) is 2.24. The third-order valence-corrected chi connectivity index (χ3v) is 2.44. The second-order valence-corrected chi connectivity index (χ2v) is 3.66. The Kier molecular flexibility index (Phi) is 3.72. The molecule has 15 heavy (non-hydrogen) atoms. The molecule has 1 saturated heterocycles. The lowest BCUT2D eigenvalue weighted by molar-refractivity contribution is 0.132. The maximum absolute atomic E-state index is 5.64. The third-order valence-electron chi connectivity index (χ3n) is 2.44. The minimum absolute atomic E-state index is 0.257. The first-order valence-corrected chi connectivity index (χ1v) is 5.18. The molecular weight excluding hydrogens is 191 g/mol. The molecule has 0 amide bonds. The maximum atomic E-state index is 5.64. The lowest BCUT2D eigenvalue weighted by Crippen LogP contribution is -2.43. The van der Waals surface area contributed by atoms with Gasteiger partial charge in [-0.3, -0.25) is 4.98 Å². The van der Waals surface area contributed by atoms with Crippen molar-refractivity contribution in [2.45, 2.75) is 0 Å². The monoisotopic (exact) mass is 206 g/mol. The van der Waals surface area contributed by atoms with Gasteiger partial charge in [0.05, 0.1) is 0 Å². The summed E-state index contributed by atoms with van der Waals surface area (Å²) >= 11 is 0. The van der Waals surface area contributed by atoms with E-state index in [9.17, 15) is 0 Å². The molecule has 0 N–H and O–H groups in total. The van der Waals surface area contributed by atoms with Crippen LogP contribution in [0.5, 0.6) is 0 Å². The molecule has 1 fully saturated rings. The summed E-state index contributed by atoms with van der Waals surface area (Å²) in [4.78, 5) is 6.25. The minimum atomic E-state index is -0.257. The smallest absolute Gasteiger partial charge is 0.406 e. The van der Waals surface area contributed by atoms with Crippen LogP contribution < -0.4 is 5.46 Å². The number of aromatic nitrogens is 1. The molecule has 0 aliphatic carbocycles. The van der Waals surface area contributed by atoms with E-state index in [0.29, 0.717) is 13.2 Å². The fraction of sp³-hybridized carbons (Fsp3) is 0.500. The molecule has 1 aromatic heterocycles. The van der Waals surface area contributed by atoms with Crippen molar-refractivity contribution in [2.75, 3.05) is 33.4 Å². The van der Waals surface area contributed by atoms with E-state index in [0.717, 1.165) is 18.6 Å². The number of nitrogens with zero attached hydrogens (tertiary/aromatic N) is 2. The zero-order valence-electron chi connectivity index (χ0n) is 8.93. The quantitative estimate of drug-likeness (QED) is 0.593. The van der Waals surface area contributed by atoms with Crippen LogP contribution in [0.4, 0.5) is 0 Å². The van der Waals surface area contributed by atoms with Crippen molar-refractivity contribution < 1.29 is 9.31 Å². The number of likely N-dealkylation sites (N-methyl/N-ethyl adjacent to an activating group) is 1. The predicted octanol–water partition coefficient (Wildman–Crippen LogP) is -0.245. The Hall–Kier alpha value is -0.905. The molecule has 2 heterocycles. The van der Waals surface area contributed by atoms with Crippen LogP contribution in [0.3, 0.4) is 0 Å². The summed E-state index contributed by atoms with van der Waals surface area (Å²) in [5, 5.41) is 0. The number of hydrogen-bond acceptors (Lipinski definition) is 4. The summed E-state index contributed by atoms with van der Waals surface area (Å²) in [6.07, 6.45) is 3.54. The Morgan fingerprint density at radius 3 is 2.67 bits per heavy atom. The number of rotatable bonds is 1. The van der Waals surface area contributed by atoms with Crippen LogP contribution in [0, 0.1) is 0 Å². The molecule has 0 aromatic carbocycles. The normalized spacial score (nSPS) is 19.7. The van der Waals surface area contributed by atoms with Gasteiger partial charge in [-0.25, -0.2) is 0 Å². The summed E-state index contributed by atoms with van der Waals surface area (Å²) < 4.78 is 11.3. The Labute approximate surface area is 90.3 Å². The van der Waals surface area contributed by atoms with E-state index >= 15 is 0 Å². The highest BCUT2D eigenvalue weighted by atomic mass is 16.6. The van der Waals surface area contributed by atoms with Crippen molar-refractivity contribution in [1.82, 2.24) is 9.88 Å². The van der Waals surface area contributed by atoms with Gasteiger partial charge in [0.25, 0.3) is 0 Å². The number of hydrogen-bond donors (Lipinski definition) is 0. The molecule has 5 heteroatoms. The molecular formula is C10H15BN2O2. The van der Waals surface area contributed by atoms with Crippen LogP contribution in [0.15, 0.2) is 24.5 Å². The molecule has 0 bridgehead atoms. The van der Waals surface area contributed by atoms with Crippen LogP contribution >= 0.6 is 0 Å². The van der Waals surface area contributed by atoms with E-state index in [4.69, 9.17) is 9.31 Å². The van der Waals surface area contributed by atoms with Gasteiger partial charge in [0, 0.05) is 44.2 Å². The first-order chi connectivity index (χ1) is 7.36. The van der Waals surface area contributed by atoms with Crippen molar-refractivity contribution in [3.63, 3.8) is 0 Å². The Balaban J connectivity index is 1.98. The molecule has 0 saturated carbocycles. The lowest BCUT2D eigenvalue weighted by Gasteiger charge is -2.23.